The molecule has 0 unspecified atom stereocenters. The van der Waals surface area contributed by atoms with Crippen molar-refractivity contribution in [2.24, 2.45) is 0 Å². The molecular formula is C46H30N2O. The predicted molar refractivity (Wildman–Crippen MR) is 206 cm³/mol. The Morgan fingerprint density at radius 2 is 1.08 bits per heavy atom. The van der Waals surface area contributed by atoms with Crippen molar-refractivity contribution in [1.82, 2.24) is 4.57 Å². The average molecular weight is 627 g/mol. The zero-order valence-corrected chi connectivity index (χ0v) is 26.6. The maximum Gasteiger partial charge on any atom is 0.145 e. The van der Waals surface area contributed by atoms with Crippen LogP contribution in [0.3, 0.4) is 0 Å². The number of rotatable bonds is 5. The quantitative estimate of drug-likeness (QED) is 0.190. The van der Waals surface area contributed by atoms with Gasteiger partial charge in [-0.1, -0.05) is 121 Å². The molecule has 0 saturated carbocycles. The third-order valence-corrected chi connectivity index (χ3v) is 9.77. The van der Waals surface area contributed by atoms with Crippen molar-refractivity contribution in [1.29, 1.82) is 0 Å². The Kier molecular flexibility index (Phi) is 6.18. The molecule has 0 bridgehead atoms. The lowest BCUT2D eigenvalue weighted by Crippen LogP contribution is -2.10. The highest BCUT2D eigenvalue weighted by atomic mass is 16.3. The molecule has 10 rings (SSSR count). The number of hydrogen-bond donors (Lipinski definition) is 0. The first-order chi connectivity index (χ1) is 24.3. The fourth-order valence-corrected chi connectivity index (χ4v) is 7.53. The third kappa shape index (κ3) is 4.37. The van der Waals surface area contributed by atoms with Gasteiger partial charge in [-0.2, -0.15) is 0 Å². The second-order valence-corrected chi connectivity index (χ2v) is 12.6. The van der Waals surface area contributed by atoms with Crippen LogP contribution in [0.4, 0.5) is 17.1 Å². The van der Waals surface area contributed by atoms with Crippen LogP contribution in [-0.2, 0) is 0 Å². The molecule has 0 aliphatic rings. The van der Waals surface area contributed by atoms with Crippen LogP contribution in [0.25, 0.3) is 71.3 Å². The van der Waals surface area contributed by atoms with E-state index in [1.807, 2.05) is 6.07 Å². The fourth-order valence-electron chi connectivity index (χ4n) is 7.53. The Hall–Kier alpha value is -6.58. The van der Waals surface area contributed by atoms with Crippen LogP contribution in [0.2, 0.25) is 0 Å². The Morgan fingerprint density at radius 1 is 0.429 bits per heavy atom. The Labute approximate surface area is 283 Å². The van der Waals surface area contributed by atoms with Crippen molar-refractivity contribution in [3.05, 3.63) is 182 Å². The molecule has 0 aliphatic heterocycles. The van der Waals surface area contributed by atoms with Gasteiger partial charge >= 0.3 is 0 Å². The summed E-state index contributed by atoms with van der Waals surface area (Å²) in [6.07, 6.45) is 0. The second kappa shape index (κ2) is 11.0. The molecule has 230 valence electrons. The van der Waals surface area contributed by atoms with Crippen molar-refractivity contribution in [3.8, 4) is 16.8 Å². The molecule has 3 heteroatoms. The van der Waals surface area contributed by atoms with Gasteiger partial charge in [-0.05, 0) is 77.2 Å². The summed E-state index contributed by atoms with van der Waals surface area (Å²) >= 11 is 0. The molecule has 0 amide bonds. The third-order valence-electron chi connectivity index (χ3n) is 9.77. The van der Waals surface area contributed by atoms with E-state index in [1.54, 1.807) is 0 Å². The van der Waals surface area contributed by atoms with Gasteiger partial charge in [-0.25, -0.2) is 0 Å². The first kappa shape index (κ1) is 27.5. The van der Waals surface area contributed by atoms with Crippen LogP contribution in [-0.4, -0.2) is 4.57 Å². The first-order valence-corrected chi connectivity index (χ1v) is 16.7. The summed E-state index contributed by atoms with van der Waals surface area (Å²) in [5, 5.41) is 6.93. The number of nitrogens with zero attached hydrogens (tertiary/aromatic N) is 2. The van der Waals surface area contributed by atoms with E-state index in [0.717, 1.165) is 61.0 Å². The van der Waals surface area contributed by atoms with Gasteiger partial charge in [0.2, 0.25) is 0 Å². The van der Waals surface area contributed by atoms with Gasteiger partial charge in [0, 0.05) is 44.0 Å². The molecule has 49 heavy (non-hydrogen) atoms. The molecule has 0 aliphatic carbocycles. The van der Waals surface area contributed by atoms with Gasteiger partial charge in [0.1, 0.15) is 11.2 Å². The number of anilines is 3. The number of furan rings is 1. The lowest BCUT2D eigenvalue weighted by atomic mass is 10.0. The topological polar surface area (TPSA) is 21.3 Å². The van der Waals surface area contributed by atoms with E-state index in [-0.39, 0.29) is 0 Å². The van der Waals surface area contributed by atoms with Crippen LogP contribution in [0.1, 0.15) is 0 Å². The van der Waals surface area contributed by atoms with E-state index in [2.05, 4.69) is 185 Å². The van der Waals surface area contributed by atoms with E-state index in [4.69, 9.17) is 4.42 Å². The smallest absolute Gasteiger partial charge is 0.145 e. The van der Waals surface area contributed by atoms with Crippen LogP contribution in [0, 0.1) is 0 Å². The largest absolute Gasteiger partial charge is 0.455 e. The molecule has 2 heterocycles. The molecule has 0 saturated heterocycles. The minimum atomic E-state index is 0.896. The SMILES string of the molecule is c1ccc(-c2ccc(N(c3ccc4c5ccccc5n(-c5ccccc5)c4c3)c3cccc4ccc5c6ccccc6oc5c34)cc2)cc1. The Morgan fingerprint density at radius 3 is 1.92 bits per heavy atom. The molecule has 8 aromatic carbocycles. The van der Waals surface area contributed by atoms with E-state index < -0.39 is 0 Å². The molecule has 0 N–H and O–H groups in total. The number of benzene rings is 8. The summed E-state index contributed by atoms with van der Waals surface area (Å²) in [5.41, 5.74) is 10.9. The molecule has 0 spiro atoms. The highest BCUT2D eigenvalue weighted by Gasteiger charge is 2.21. The lowest BCUT2D eigenvalue weighted by molar-refractivity contribution is 0.672. The predicted octanol–water partition coefficient (Wildman–Crippen LogP) is 13.0. The Bertz CT molecular complexity index is 2810. The van der Waals surface area contributed by atoms with Gasteiger partial charge in [-0.15, -0.1) is 0 Å². The van der Waals surface area contributed by atoms with Gasteiger partial charge < -0.3 is 13.9 Å². The summed E-state index contributed by atoms with van der Waals surface area (Å²) in [7, 11) is 0. The second-order valence-electron chi connectivity index (χ2n) is 12.6. The molecular weight excluding hydrogens is 597 g/mol. The summed E-state index contributed by atoms with van der Waals surface area (Å²) in [4.78, 5) is 2.39. The molecule has 10 aromatic rings. The summed E-state index contributed by atoms with van der Waals surface area (Å²) in [5.74, 6) is 0. The van der Waals surface area contributed by atoms with E-state index in [0.29, 0.717) is 0 Å². The fraction of sp³-hybridized carbons (Fsp3) is 0. The number of aromatic nitrogens is 1. The van der Waals surface area contributed by atoms with Crippen molar-refractivity contribution < 1.29 is 4.42 Å². The minimum absolute atomic E-state index is 0.896. The van der Waals surface area contributed by atoms with Crippen LogP contribution < -0.4 is 4.90 Å². The maximum absolute atomic E-state index is 6.66. The van der Waals surface area contributed by atoms with E-state index >= 15 is 0 Å². The Balaban J connectivity index is 1.26. The highest BCUT2D eigenvalue weighted by molar-refractivity contribution is 6.19. The van der Waals surface area contributed by atoms with E-state index in [1.165, 1.54) is 27.4 Å². The zero-order valence-electron chi connectivity index (χ0n) is 26.6. The standard InChI is InChI=1S/C46H30N2O/c1-3-12-31(13-4-1)32-22-25-35(26-23-32)47(42-20-11-14-33-24-28-40-39-18-8-10-21-44(39)49-46(40)45(33)42)36-27-29-38-37-17-7-9-19-41(37)48(43(38)30-36)34-15-5-2-6-16-34/h1-30H. The molecule has 0 fully saturated rings. The van der Waals surface area contributed by atoms with Gasteiger partial charge in [0.05, 0.1) is 16.7 Å². The summed E-state index contributed by atoms with van der Waals surface area (Å²) in [6.45, 7) is 0. The van der Waals surface area contributed by atoms with Gasteiger partial charge in [0.25, 0.3) is 0 Å². The first-order valence-electron chi connectivity index (χ1n) is 16.7. The lowest BCUT2D eigenvalue weighted by Gasteiger charge is -2.27. The normalized spacial score (nSPS) is 11.7. The average Bonchev–Trinajstić information content (AvgIpc) is 3.72. The number of fused-ring (bicyclic) bond motifs is 8. The van der Waals surface area contributed by atoms with Gasteiger partial charge in [-0.3, -0.25) is 0 Å². The number of hydrogen-bond acceptors (Lipinski definition) is 2. The monoisotopic (exact) mass is 626 g/mol. The molecule has 2 aromatic heterocycles. The minimum Gasteiger partial charge on any atom is -0.455 e. The molecule has 0 radical (unpaired) electrons. The zero-order chi connectivity index (χ0) is 32.3. The molecule has 3 nitrogen and oxygen atoms in total. The summed E-state index contributed by atoms with van der Waals surface area (Å²) in [6, 6.07) is 64.9. The summed E-state index contributed by atoms with van der Waals surface area (Å²) < 4.78 is 9.04. The van der Waals surface area contributed by atoms with Crippen molar-refractivity contribution in [2.45, 2.75) is 0 Å². The van der Waals surface area contributed by atoms with Crippen LogP contribution in [0.15, 0.2) is 186 Å². The van der Waals surface area contributed by atoms with Gasteiger partial charge in [0.15, 0.2) is 0 Å². The molecule has 0 atom stereocenters. The van der Waals surface area contributed by atoms with Crippen LogP contribution in [0.5, 0.6) is 0 Å². The number of para-hydroxylation sites is 3. The van der Waals surface area contributed by atoms with Crippen molar-refractivity contribution in [2.75, 3.05) is 4.90 Å². The highest BCUT2D eigenvalue weighted by Crippen LogP contribution is 2.45. The maximum atomic E-state index is 6.66. The van der Waals surface area contributed by atoms with Crippen molar-refractivity contribution in [3.63, 3.8) is 0 Å². The van der Waals surface area contributed by atoms with E-state index in [9.17, 15) is 0 Å². The van der Waals surface area contributed by atoms with Crippen molar-refractivity contribution >= 4 is 71.6 Å². The van der Waals surface area contributed by atoms with Crippen LogP contribution >= 0.6 is 0 Å².